The summed E-state index contributed by atoms with van der Waals surface area (Å²) in [5.41, 5.74) is 1.87. The number of rotatable bonds is 8. The number of unbranched alkanes of at least 4 members (excludes halogenated alkanes) is 1. The molecule has 2 fully saturated rings. The average Bonchev–Trinajstić information content (AvgIpc) is 3.04. The molecule has 0 spiro atoms. The van der Waals surface area contributed by atoms with Crippen LogP contribution in [0.3, 0.4) is 0 Å². The van der Waals surface area contributed by atoms with Crippen molar-refractivity contribution in [3.05, 3.63) is 35.6 Å². The zero-order valence-corrected chi connectivity index (χ0v) is 17.7. The molecule has 1 aromatic rings. The van der Waals surface area contributed by atoms with Crippen molar-refractivity contribution in [2.45, 2.75) is 70.4 Å². The van der Waals surface area contributed by atoms with Crippen molar-refractivity contribution in [2.24, 2.45) is 11.8 Å². The third-order valence-electron chi connectivity index (χ3n) is 6.43. The van der Waals surface area contributed by atoms with Gasteiger partial charge in [-0.2, -0.15) is 0 Å². The summed E-state index contributed by atoms with van der Waals surface area (Å²) in [6, 6.07) is 3.22. The van der Waals surface area contributed by atoms with Crippen molar-refractivity contribution in [1.29, 1.82) is 0 Å². The highest BCUT2D eigenvalue weighted by atomic mass is 19.1. The van der Waals surface area contributed by atoms with Gasteiger partial charge in [-0.3, -0.25) is 24.4 Å². The minimum absolute atomic E-state index is 0.206. The van der Waals surface area contributed by atoms with Crippen LogP contribution in [0.25, 0.3) is 0 Å². The van der Waals surface area contributed by atoms with E-state index in [-0.39, 0.29) is 18.1 Å². The SMILES string of the molecule is CCCCC(C(=O)NO)N1C(=O)C(=O)C(C(=O)C2CCCCC2)C1c1cccc(F)c1. The van der Waals surface area contributed by atoms with Gasteiger partial charge < -0.3 is 4.90 Å². The number of benzene rings is 1. The van der Waals surface area contributed by atoms with E-state index >= 15 is 0 Å². The van der Waals surface area contributed by atoms with E-state index in [1.807, 2.05) is 6.92 Å². The summed E-state index contributed by atoms with van der Waals surface area (Å²) in [4.78, 5) is 53.1. The Morgan fingerprint density at radius 2 is 1.94 bits per heavy atom. The van der Waals surface area contributed by atoms with Gasteiger partial charge in [-0.05, 0) is 37.0 Å². The van der Waals surface area contributed by atoms with Crippen LogP contribution < -0.4 is 5.48 Å². The van der Waals surface area contributed by atoms with Crippen LogP contribution in [0.5, 0.6) is 0 Å². The predicted octanol–water partition coefficient (Wildman–Crippen LogP) is 3.11. The molecule has 168 valence electrons. The highest BCUT2D eigenvalue weighted by Gasteiger charge is 2.55. The Kier molecular flexibility index (Phi) is 7.54. The standard InChI is InChI=1S/C23H29FN2O5/c1-2-3-12-17(22(29)25-31)26-19(15-10-7-11-16(24)13-15)18(21(28)23(26)30)20(27)14-8-5-4-6-9-14/h7,10-11,13-14,17-19,31H,2-6,8-9,12H2,1H3,(H,25,29). The van der Waals surface area contributed by atoms with Crippen LogP contribution in [0, 0.1) is 17.7 Å². The number of nitrogens with one attached hydrogen (secondary N) is 1. The average molecular weight is 432 g/mol. The number of hydrogen-bond donors (Lipinski definition) is 2. The number of Topliss-reactive ketones (excluding diaryl/α,β-unsaturated/α-hetero) is 2. The van der Waals surface area contributed by atoms with Crippen LogP contribution in [-0.4, -0.2) is 39.5 Å². The molecule has 1 aliphatic carbocycles. The van der Waals surface area contributed by atoms with Gasteiger partial charge in [-0.25, -0.2) is 9.87 Å². The molecule has 2 N–H and O–H groups in total. The number of carbonyl (C=O) groups is 4. The molecule has 0 radical (unpaired) electrons. The lowest BCUT2D eigenvalue weighted by Crippen LogP contribution is -2.48. The zero-order valence-electron chi connectivity index (χ0n) is 17.7. The number of hydrogen-bond acceptors (Lipinski definition) is 5. The normalized spacial score (nSPS) is 23.1. The van der Waals surface area contributed by atoms with Gasteiger partial charge in [0.05, 0.1) is 6.04 Å². The number of carbonyl (C=O) groups excluding carboxylic acids is 4. The first-order chi connectivity index (χ1) is 14.9. The molecule has 1 saturated heterocycles. The van der Waals surface area contributed by atoms with Gasteiger partial charge in [-0.1, -0.05) is 51.2 Å². The van der Waals surface area contributed by atoms with Gasteiger partial charge in [0.2, 0.25) is 5.78 Å². The van der Waals surface area contributed by atoms with Gasteiger partial charge in [-0.15, -0.1) is 0 Å². The van der Waals surface area contributed by atoms with Gasteiger partial charge in [0.15, 0.2) is 0 Å². The lowest BCUT2D eigenvalue weighted by Gasteiger charge is -2.34. The lowest BCUT2D eigenvalue weighted by atomic mass is 9.77. The number of amides is 2. The zero-order chi connectivity index (χ0) is 22.5. The summed E-state index contributed by atoms with van der Waals surface area (Å²) in [6.45, 7) is 1.91. The maximum Gasteiger partial charge on any atom is 0.292 e. The third kappa shape index (κ3) is 4.69. The molecule has 1 aliphatic heterocycles. The van der Waals surface area contributed by atoms with Crippen molar-refractivity contribution < 1.29 is 28.8 Å². The number of halogens is 1. The summed E-state index contributed by atoms with van der Waals surface area (Å²) < 4.78 is 14.1. The summed E-state index contributed by atoms with van der Waals surface area (Å²) >= 11 is 0. The molecule has 1 aromatic carbocycles. The van der Waals surface area contributed by atoms with Crippen molar-refractivity contribution in [3.63, 3.8) is 0 Å². The van der Waals surface area contributed by atoms with E-state index in [0.717, 1.165) is 30.6 Å². The molecule has 3 rings (SSSR count). The van der Waals surface area contributed by atoms with Gasteiger partial charge in [0.25, 0.3) is 11.8 Å². The fourth-order valence-corrected chi connectivity index (χ4v) is 4.86. The molecular weight excluding hydrogens is 403 g/mol. The maximum absolute atomic E-state index is 14.1. The molecule has 3 unspecified atom stereocenters. The van der Waals surface area contributed by atoms with Gasteiger partial charge in [0.1, 0.15) is 23.6 Å². The Morgan fingerprint density at radius 1 is 1.23 bits per heavy atom. The second-order valence-electron chi connectivity index (χ2n) is 8.43. The Balaban J connectivity index is 2.07. The van der Waals surface area contributed by atoms with E-state index in [2.05, 4.69) is 0 Å². The van der Waals surface area contributed by atoms with Crippen LogP contribution in [-0.2, 0) is 19.2 Å². The Hall–Kier alpha value is -2.61. The molecule has 0 aromatic heterocycles. The Morgan fingerprint density at radius 3 is 2.55 bits per heavy atom. The van der Waals surface area contributed by atoms with Gasteiger partial charge >= 0.3 is 0 Å². The number of hydroxylamine groups is 1. The van der Waals surface area contributed by atoms with Crippen LogP contribution in [0.4, 0.5) is 4.39 Å². The van der Waals surface area contributed by atoms with Crippen molar-refractivity contribution in [1.82, 2.24) is 10.4 Å². The second-order valence-corrected chi connectivity index (χ2v) is 8.43. The molecule has 2 aliphatic rings. The predicted molar refractivity (Wildman–Crippen MR) is 109 cm³/mol. The van der Waals surface area contributed by atoms with Crippen LogP contribution in [0.15, 0.2) is 24.3 Å². The molecule has 0 bridgehead atoms. The van der Waals surface area contributed by atoms with Crippen molar-refractivity contribution in [2.75, 3.05) is 0 Å². The van der Waals surface area contributed by atoms with Crippen molar-refractivity contribution in [3.8, 4) is 0 Å². The van der Waals surface area contributed by atoms with Crippen LogP contribution >= 0.6 is 0 Å². The fourth-order valence-electron chi connectivity index (χ4n) is 4.86. The number of ketones is 2. The number of nitrogens with zero attached hydrogens (tertiary/aromatic N) is 1. The smallest absolute Gasteiger partial charge is 0.292 e. The van der Waals surface area contributed by atoms with Crippen LogP contribution in [0.2, 0.25) is 0 Å². The van der Waals surface area contributed by atoms with E-state index in [4.69, 9.17) is 0 Å². The molecular formula is C23H29FN2O5. The quantitative estimate of drug-likeness (QED) is 0.284. The summed E-state index contributed by atoms with van der Waals surface area (Å²) in [7, 11) is 0. The molecule has 1 saturated carbocycles. The monoisotopic (exact) mass is 432 g/mol. The highest BCUT2D eigenvalue weighted by Crippen LogP contribution is 2.42. The Bertz CT molecular complexity index is 852. The highest BCUT2D eigenvalue weighted by molar-refractivity contribution is 6.43. The van der Waals surface area contributed by atoms with E-state index in [9.17, 15) is 28.8 Å². The Labute approximate surface area is 180 Å². The maximum atomic E-state index is 14.1. The minimum atomic E-state index is -1.28. The van der Waals surface area contributed by atoms with E-state index < -0.39 is 41.4 Å². The molecule has 31 heavy (non-hydrogen) atoms. The van der Waals surface area contributed by atoms with E-state index in [1.165, 1.54) is 18.2 Å². The first kappa shape index (κ1) is 23.1. The topological polar surface area (TPSA) is 104 Å². The fraction of sp³-hybridized carbons (Fsp3) is 0.565. The first-order valence-electron chi connectivity index (χ1n) is 11.0. The molecule has 1 heterocycles. The summed E-state index contributed by atoms with van der Waals surface area (Å²) in [5, 5.41) is 9.25. The van der Waals surface area contributed by atoms with Crippen molar-refractivity contribution >= 4 is 23.4 Å². The molecule has 8 heteroatoms. The molecule has 3 atom stereocenters. The van der Waals surface area contributed by atoms with Gasteiger partial charge in [0, 0.05) is 5.92 Å². The molecule has 2 amide bonds. The third-order valence-corrected chi connectivity index (χ3v) is 6.43. The molecule has 7 nitrogen and oxygen atoms in total. The van der Waals surface area contributed by atoms with Crippen LogP contribution in [0.1, 0.15) is 69.9 Å². The minimum Gasteiger partial charge on any atom is -0.316 e. The number of likely N-dealkylation sites (tertiary alicyclic amines) is 1. The van der Waals surface area contributed by atoms with E-state index in [0.29, 0.717) is 24.8 Å². The summed E-state index contributed by atoms with van der Waals surface area (Å²) in [6.07, 6.45) is 5.59. The largest absolute Gasteiger partial charge is 0.316 e. The first-order valence-corrected chi connectivity index (χ1v) is 11.0. The summed E-state index contributed by atoms with van der Waals surface area (Å²) in [5.74, 6) is -5.12. The second kappa shape index (κ2) is 10.1. The van der Waals surface area contributed by atoms with E-state index in [1.54, 1.807) is 11.5 Å². The lowest BCUT2D eigenvalue weighted by molar-refractivity contribution is -0.147.